The highest BCUT2D eigenvalue weighted by atomic mass is 32.2. The second-order valence-corrected chi connectivity index (χ2v) is 5.86. The lowest BCUT2D eigenvalue weighted by Crippen LogP contribution is -2.37. The molecule has 5 nitrogen and oxygen atoms in total. The molecule has 1 aromatic rings. The fraction of sp³-hybridized carbons (Fsp3) is 0.500. The average molecular weight is 272 g/mol. The van der Waals surface area contributed by atoms with Crippen LogP contribution in [0.15, 0.2) is 29.2 Å². The Bertz CT molecular complexity index is 457. The third-order valence-corrected chi connectivity index (χ3v) is 4.14. The van der Waals surface area contributed by atoms with Gasteiger partial charge in [-0.05, 0) is 31.0 Å². The number of nitrogens with one attached hydrogen (secondary N) is 1. The van der Waals surface area contributed by atoms with Crippen molar-refractivity contribution < 1.29 is 13.2 Å². The molecule has 6 heteroatoms. The number of benzene rings is 1. The molecule has 1 rings (SSSR count). The van der Waals surface area contributed by atoms with E-state index >= 15 is 0 Å². The van der Waals surface area contributed by atoms with Crippen molar-refractivity contribution in [3.05, 3.63) is 29.8 Å². The van der Waals surface area contributed by atoms with E-state index in [1.807, 2.05) is 0 Å². The van der Waals surface area contributed by atoms with Crippen LogP contribution in [0.2, 0.25) is 0 Å². The Morgan fingerprint density at radius 2 is 1.94 bits per heavy atom. The fourth-order valence-corrected chi connectivity index (χ4v) is 2.69. The maximum atomic E-state index is 11.9. The Kier molecular flexibility index (Phi) is 5.74. The molecule has 0 aliphatic carbocycles. The molecule has 0 amide bonds. The number of ether oxygens (including phenoxy) is 1. The molecule has 102 valence electrons. The van der Waals surface area contributed by atoms with Gasteiger partial charge in [-0.15, -0.1) is 0 Å². The minimum Gasteiger partial charge on any atom is -0.384 e. The molecule has 0 radical (unpaired) electrons. The first-order valence-corrected chi connectivity index (χ1v) is 7.28. The van der Waals surface area contributed by atoms with Gasteiger partial charge in [0.25, 0.3) is 0 Å². The van der Waals surface area contributed by atoms with Crippen molar-refractivity contribution in [3.8, 4) is 0 Å². The number of rotatable bonds is 7. The minimum atomic E-state index is -3.47. The Morgan fingerprint density at radius 1 is 1.33 bits per heavy atom. The van der Waals surface area contributed by atoms with E-state index in [0.29, 0.717) is 6.61 Å². The smallest absolute Gasteiger partial charge is 0.240 e. The molecule has 0 aliphatic rings. The van der Waals surface area contributed by atoms with Crippen LogP contribution < -0.4 is 10.5 Å². The summed E-state index contributed by atoms with van der Waals surface area (Å²) in [5.74, 6) is 0. The van der Waals surface area contributed by atoms with E-state index in [-0.39, 0.29) is 17.5 Å². The van der Waals surface area contributed by atoms with Gasteiger partial charge in [0.1, 0.15) is 0 Å². The second-order valence-electron chi connectivity index (χ2n) is 4.14. The topological polar surface area (TPSA) is 81.4 Å². The largest absolute Gasteiger partial charge is 0.384 e. The van der Waals surface area contributed by atoms with Gasteiger partial charge in [0.2, 0.25) is 10.0 Å². The minimum absolute atomic E-state index is 0.254. The molecule has 1 aromatic carbocycles. The highest BCUT2D eigenvalue weighted by molar-refractivity contribution is 7.89. The van der Waals surface area contributed by atoms with E-state index in [2.05, 4.69) is 4.72 Å². The van der Waals surface area contributed by atoms with E-state index < -0.39 is 10.0 Å². The average Bonchev–Trinajstić information content (AvgIpc) is 2.36. The Labute approximate surface area is 108 Å². The van der Waals surface area contributed by atoms with Gasteiger partial charge in [-0.2, -0.15) is 0 Å². The Hall–Kier alpha value is -0.950. The monoisotopic (exact) mass is 272 g/mol. The lowest BCUT2D eigenvalue weighted by molar-refractivity contribution is 0.202. The fourth-order valence-electron chi connectivity index (χ4n) is 1.44. The molecule has 0 fully saturated rings. The van der Waals surface area contributed by atoms with Crippen molar-refractivity contribution in [2.45, 2.75) is 24.3 Å². The summed E-state index contributed by atoms with van der Waals surface area (Å²) in [6.07, 6.45) is 0.767. The van der Waals surface area contributed by atoms with Crippen LogP contribution in [0.25, 0.3) is 0 Å². The number of nitrogens with two attached hydrogens (primary N) is 1. The van der Waals surface area contributed by atoms with Gasteiger partial charge in [-0.25, -0.2) is 13.1 Å². The zero-order chi connectivity index (χ0) is 13.6. The van der Waals surface area contributed by atoms with Gasteiger partial charge >= 0.3 is 0 Å². The van der Waals surface area contributed by atoms with Crippen molar-refractivity contribution in [1.82, 2.24) is 4.72 Å². The third kappa shape index (κ3) is 4.38. The summed E-state index contributed by atoms with van der Waals surface area (Å²) in [4.78, 5) is 0.254. The van der Waals surface area contributed by atoms with Crippen molar-refractivity contribution in [1.29, 1.82) is 0 Å². The van der Waals surface area contributed by atoms with Crippen molar-refractivity contribution in [3.63, 3.8) is 0 Å². The molecule has 0 saturated carbocycles. The maximum Gasteiger partial charge on any atom is 0.240 e. The predicted octanol–water partition coefficient (Wildman–Crippen LogP) is 0.501. The SMILES string of the molecule is COCCc1ccc(S(=O)(=O)N[C@@H](C)CN)cc1. The molecule has 1 atom stereocenters. The molecule has 0 aromatic heterocycles. The van der Waals surface area contributed by atoms with Gasteiger partial charge in [0.15, 0.2) is 0 Å². The normalized spacial score (nSPS) is 13.5. The van der Waals surface area contributed by atoms with Gasteiger partial charge in [0, 0.05) is 19.7 Å². The molecule has 0 bridgehead atoms. The van der Waals surface area contributed by atoms with E-state index in [0.717, 1.165) is 12.0 Å². The highest BCUT2D eigenvalue weighted by Crippen LogP contribution is 2.11. The summed E-state index contributed by atoms with van der Waals surface area (Å²) < 4.78 is 31.3. The zero-order valence-corrected chi connectivity index (χ0v) is 11.5. The number of hydrogen-bond acceptors (Lipinski definition) is 4. The van der Waals surface area contributed by atoms with Crippen LogP contribution in [-0.4, -0.2) is 34.7 Å². The Morgan fingerprint density at radius 3 is 2.44 bits per heavy atom. The summed E-state index contributed by atoms with van der Waals surface area (Å²) >= 11 is 0. The van der Waals surface area contributed by atoms with Crippen LogP contribution in [0.4, 0.5) is 0 Å². The molecule has 3 N–H and O–H groups in total. The predicted molar refractivity (Wildman–Crippen MR) is 70.9 cm³/mol. The molecular formula is C12H20N2O3S. The lowest BCUT2D eigenvalue weighted by Gasteiger charge is -2.12. The van der Waals surface area contributed by atoms with Crippen LogP contribution in [0, 0.1) is 0 Å². The molecule has 0 unspecified atom stereocenters. The second kappa shape index (κ2) is 6.84. The molecule has 0 saturated heterocycles. The van der Waals surface area contributed by atoms with Crippen molar-refractivity contribution in [2.75, 3.05) is 20.3 Å². The van der Waals surface area contributed by atoms with Gasteiger partial charge in [-0.3, -0.25) is 0 Å². The van der Waals surface area contributed by atoms with Crippen molar-refractivity contribution in [2.24, 2.45) is 5.73 Å². The lowest BCUT2D eigenvalue weighted by atomic mass is 10.2. The van der Waals surface area contributed by atoms with Gasteiger partial charge < -0.3 is 10.5 Å². The Balaban J connectivity index is 2.77. The summed E-state index contributed by atoms with van der Waals surface area (Å²) in [7, 11) is -1.83. The molecule has 0 heterocycles. The molecular weight excluding hydrogens is 252 g/mol. The van der Waals surface area contributed by atoms with Crippen LogP contribution in [0.3, 0.4) is 0 Å². The van der Waals surface area contributed by atoms with Gasteiger partial charge in [0.05, 0.1) is 11.5 Å². The molecule has 0 spiro atoms. The standard InChI is InChI=1S/C12H20N2O3S/c1-10(9-13)14-18(15,16)12-5-3-11(4-6-12)7-8-17-2/h3-6,10,14H,7-9,13H2,1-2H3/t10-/m0/s1. The maximum absolute atomic E-state index is 11.9. The summed E-state index contributed by atoms with van der Waals surface area (Å²) in [6.45, 7) is 2.62. The first-order valence-electron chi connectivity index (χ1n) is 5.80. The summed E-state index contributed by atoms with van der Waals surface area (Å²) in [5, 5.41) is 0. The quantitative estimate of drug-likeness (QED) is 0.757. The van der Waals surface area contributed by atoms with E-state index in [9.17, 15) is 8.42 Å². The van der Waals surface area contributed by atoms with E-state index in [4.69, 9.17) is 10.5 Å². The first-order chi connectivity index (χ1) is 8.49. The summed E-state index contributed by atoms with van der Waals surface area (Å²) in [5.41, 5.74) is 6.44. The van der Waals surface area contributed by atoms with Crippen LogP contribution in [-0.2, 0) is 21.2 Å². The number of methoxy groups -OCH3 is 1. The zero-order valence-electron chi connectivity index (χ0n) is 10.7. The summed E-state index contributed by atoms with van der Waals surface area (Å²) in [6, 6.07) is 6.50. The first kappa shape index (κ1) is 15.1. The van der Waals surface area contributed by atoms with E-state index in [1.54, 1.807) is 38.3 Å². The third-order valence-electron chi connectivity index (χ3n) is 2.54. The molecule has 0 aliphatic heterocycles. The van der Waals surface area contributed by atoms with Crippen LogP contribution in [0.5, 0.6) is 0 Å². The van der Waals surface area contributed by atoms with Gasteiger partial charge in [-0.1, -0.05) is 12.1 Å². The van der Waals surface area contributed by atoms with E-state index in [1.165, 1.54) is 0 Å². The van der Waals surface area contributed by atoms with Crippen LogP contribution in [0.1, 0.15) is 12.5 Å². The molecule has 18 heavy (non-hydrogen) atoms. The van der Waals surface area contributed by atoms with Crippen molar-refractivity contribution >= 4 is 10.0 Å². The highest BCUT2D eigenvalue weighted by Gasteiger charge is 2.16. The van der Waals surface area contributed by atoms with Crippen LogP contribution >= 0.6 is 0 Å². The number of sulfonamides is 1. The number of hydrogen-bond donors (Lipinski definition) is 2.